The maximum Gasteiger partial charge on any atom is 0.345 e. The Kier molecular flexibility index (Phi) is 3.34. The van der Waals surface area contributed by atoms with E-state index in [2.05, 4.69) is 5.10 Å². The lowest BCUT2D eigenvalue weighted by molar-refractivity contribution is 0.149. The van der Waals surface area contributed by atoms with Crippen LogP contribution < -0.4 is 5.69 Å². The molecule has 5 heteroatoms. The van der Waals surface area contributed by atoms with Crippen LogP contribution in [-0.2, 0) is 13.6 Å². The van der Waals surface area contributed by atoms with Crippen LogP contribution in [0.25, 0.3) is 0 Å². The standard InChI is InChI=1S/C13H17N3O2/c1-9-4-5-10(2)11(6-9)12(17)7-16-13(18)15(3)8-14-16/h4-6,8,12,17H,7H2,1-3H3. The summed E-state index contributed by atoms with van der Waals surface area (Å²) in [7, 11) is 1.64. The number of nitrogens with zero attached hydrogens (tertiary/aromatic N) is 3. The van der Waals surface area contributed by atoms with Gasteiger partial charge in [0.15, 0.2) is 0 Å². The molecule has 0 aliphatic rings. The van der Waals surface area contributed by atoms with Crippen LogP contribution >= 0.6 is 0 Å². The molecule has 1 aromatic heterocycles. The third-order valence-electron chi connectivity index (χ3n) is 3.03. The van der Waals surface area contributed by atoms with Gasteiger partial charge in [-0.05, 0) is 25.0 Å². The SMILES string of the molecule is Cc1ccc(C)c(C(O)Cn2ncn(C)c2=O)c1. The van der Waals surface area contributed by atoms with Crippen molar-refractivity contribution in [1.29, 1.82) is 0 Å². The summed E-state index contributed by atoms with van der Waals surface area (Å²) in [4.78, 5) is 11.6. The smallest absolute Gasteiger partial charge is 0.345 e. The Morgan fingerprint density at radius 2 is 2.11 bits per heavy atom. The highest BCUT2D eigenvalue weighted by atomic mass is 16.3. The molecular weight excluding hydrogens is 230 g/mol. The Morgan fingerprint density at radius 1 is 1.39 bits per heavy atom. The van der Waals surface area contributed by atoms with Crippen molar-refractivity contribution in [2.24, 2.45) is 7.05 Å². The van der Waals surface area contributed by atoms with Crippen molar-refractivity contribution >= 4 is 0 Å². The molecule has 0 radical (unpaired) electrons. The zero-order valence-electron chi connectivity index (χ0n) is 10.8. The Balaban J connectivity index is 2.27. The summed E-state index contributed by atoms with van der Waals surface area (Å²) in [6, 6.07) is 5.90. The van der Waals surface area contributed by atoms with Crippen molar-refractivity contribution in [2.75, 3.05) is 0 Å². The van der Waals surface area contributed by atoms with Crippen molar-refractivity contribution in [3.8, 4) is 0 Å². The zero-order chi connectivity index (χ0) is 13.3. The molecule has 0 fully saturated rings. The first-order valence-corrected chi connectivity index (χ1v) is 5.82. The highest BCUT2D eigenvalue weighted by molar-refractivity contribution is 5.32. The van der Waals surface area contributed by atoms with E-state index in [4.69, 9.17) is 0 Å². The lowest BCUT2D eigenvalue weighted by Crippen LogP contribution is -2.25. The summed E-state index contributed by atoms with van der Waals surface area (Å²) >= 11 is 0. The van der Waals surface area contributed by atoms with Gasteiger partial charge in [0.1, 0.15) is 6.33 Å². The molecule has 0 spiro atoms. The lowest BCUT2D eigenvalue weighted by atomic mass is 10.0. The summed E-state index contributed by atoms with van der Waals surface area (Å²) in [5, 5.41) is 14.1. The first-order chi connectivity index (χ1) is 8.49. The molecular formula is C13H17N3O2. The number of aliphatic hydroxyl groups is 1. The van der Waals surface area contributed by atoms with E-state index < -0.39 is 6.10 Å². The summed E-state index contributed by atoms with van der Waals surface area (Å²) in [5.74, 6) is 0. The van der Waals surface area contributed by atoms with Gasteiger partial charge in [-0.25, -0.2) is 9.48 Å². The van der Waals surface area contributed by atoms with Crippen LogP contribution in [0.1, 0.15) is 22.8 Å². The molecule has 0 amide bonds. The topological polar surface area (TPSA) is 60.0 Å². The van der Waals surface area contributed by atoms with Gasteiger partial charge in [0.05, 0.1) is 12.6 Å². The van der Waals surface area contributed by atoms with Crippen LogP contribution in [0.5, 0.6) is 0 Å². The lowest BCUT2D eigenvalue weighted by Gasteiger charge is -2.14. The molecule has 0 bridgehead atoms. The molecule has 0 aliphatic heterocycles. The van der Waals surface area contributed by atoms with E-state index >= 15 is 0 Å². The molecule has 1 N–H and O–H groups in total. The molecule has 5 nitrogen and oxygen atoms in total. The first kappa shape index (κ1) is 12.6. The monoisotopic (exact) mass is 247 g/mol. The van der Waals surface area contributed by atoms with Gasteiger partial charge in [-0.1, -0.05) is 23.8 Å². The minimum Gasteiger partial charge on any atom is -0.386 e. The number of aliphatic hydroxyl groups excluding tert-OH is 1. The predicted octanol–water partition coefficient (Wildman–Crippen LogP) is 0.932. The Bertz CT molecular complexity index is 613. The largest absolute Gasteiger partial charge is 0.386 e. The van der Waals surface area contributed by atoms with Gasteiger partial charge in [0.25, 0.3) is 0 Å². The normalized spacial score (nSPS) is 12.7. The van der Waals surface area contributed by atoms with Crippen LogP contribution in [0.2, 0.25) is 0 Å². The van der Waals surface area contributed by atoms with Gasteiger partial charge in [0, 0.05) is 7.05 Å². The number of aryl methyl sites for hydroxylation is 3. The van der Waals surface area contributed by atoms with Crippen LogP contribution in [0.15, 0.2) is 29.3 Å². The van der Waals surface area contributed by atoms with E-state index in [9.17, 15) is 9.90 Å². The molecule has 2 aromatic rings. The van der Waals surface area contributed by atoms with Gasteiger partial charge in [0.2, 0.25) is 0 Å². The van der Waals surface area contributed by atoms with Gasteiger partial charge >= 0.3 is 5.69 Å². The van der Waals surface area contributed by atoms with E-state index in [0.29, 0.717) is 0 Å². The van der Waals surface area contributed by atoms with Crippen molar-refractivity contribution in [1.82, 2.24) is 14.3 Å². The average Bonchev–Trinajstić information content (AvgIpc) is 2.64. The van der Waals surface area contributed by atoms with Crippen LogP contribution in [-0.4, -0.2) is 19.5 Å². The molecule has 18 heavy (non-hydrogen) atoms. The maximum absolute atomic E-state index is 11.6. The van der Waals surface area contributed by atoms with E-state index in [1.54, 1.807) is 7.05 Å². The zero-order valence-corrected chi connectivity index (χ0v) is 10.8. The third-order valence-corrected chi connectivity index (χ3v) is 3.03. The Labute approximate surface area is 105 Å². The summed E-state index contributed by atoms with van der Waals surface area (Å²) < 4.78 is 2.66. The van der Waals surface area contributed by atoms with E-state index in [1.165, 1.54) is 15.6 Å². The predicted molar refractivity (Wildman–Crippen MR) is 68.3 cm³/mol. The number of hydrogen-bond acceptors (Lipinski definition) is 3. The van der Waals surface area contributed by atoms with Crippen LogP contribution in [0, 0.1) is 13.8 Å². The Hall–Kier alpha value is -1.88. The fraction of sp³-hybridized carbons (Fsp3) is 0.385. The maximum atomic E-state index is 11.6. The highest BCUT2D eigenvalue weighted by Gasteiger charge is 2.13. The van der Waals surface area contributed by atoms with Crippen LogP contribution in [0.3, 0.4) is 0 Å². The summed E-state index contributed by atoms with van der Waals surface area (Å²) in [6.07, 6.45) is 0.718. The van der Waals surface area contributed by atoms with Crippen molar-refractivity contribution in [2.45, 2.75) is 26.5 Å². The van der Waals surface area contributed by atoms with Gasteiger partial charge < -0.3 is 5.11 Å². The highest BCUT2D eigenvalue weighted by Crippen LogP contribution is 2.19. The molecule has 0 aliphatic carbocycles. The molecule has 0 saturated heterocycles. The number of benzene rings is 1. The minimum atomic E-state index is -0.725. The summed E-state index contributed by atoms with van der Waals surface area (Å²) in [6.45, 7) is 4.09. The number of rotatable bonds is 3. The Morgan fingerprint density at radius 3 is 2.72 bits per heavy atom. The van der Waals surface area contributed by atoms with Crippen LogP contribution in [0.4, 0.5) is 0 Å². The molecule has 96 valence electrons. The van der Waals surface area contributed by atoms with Gasteiger partial charge in [-0.3, -0.25) is 4.57 Å². The molecule has 1 aromatic carbocycles. The van der Waals surface area contributed by atoms with E-state index in [0.717, 1.165) is 16.7 Å². The van der Waals surface area contributed by atoms with E-state index in [-0.39, 0.29) is 12.2 Å². The first-order valence-electron chi connectivity index (χ1n) is 5.82. The minimum absolute atomic E-state index is 0.171. The van der Waals surface area contributed by atoms with Crippen molar-refractivity contribution in [3.63, 3.8) is 0 Å². The fourth-order valence-corrected chi connectivity index (χ4v) is 1.93. The van der Waals surface area contributed by atoms with Crippen molar-refractivity contribution in [3.05, 3.63) is 51.7 Å². The van der Waals surface area contributed by atoms with Gasteiger partial charge in [-0.2, -0.15) is 5.10 Å². The molecule has 2 rings (SSSR count). The molecule has 1 atom stereocenters. The second-order valence-electron chi connectivity index (χ2n) is 4.58. The fourth-order valence-electron chi connectivity index (χ4n) is 1.93. The molecule has 1 unspecified atom stereocenters. The second-order valence-corrected chi connectivity index (χ2v) is 4.58. The van der Waals surface area contributed by atoms with E-state index in [1.807, 2.05) is 32.0 Å². The molecule has 0 saturated carbocycles. The van der Waals surface area contributed by atoms with Gasteiger partial charge in [-0.15, -0.1) is 0 Å². The van der Waals surface area contributed by atoms with Crippen molar-refractivity contribution < 1.29 is 5.11 Å². The average molecular weight is 247 g/mol. The summed E-state index contributed by atoms with van der Waals surface area (Å²) in [5.41, 5.74) is 2.71. The quantitative estimate of drug-likeness (QED) is 0.877. The third kappa shape index (κ3) is 2.36. The number of hydrogen-bond donors (Lipinski definition) is 1. The molecule has 1 heterocycles. The second kappa shape index (κ2) is 4.78. The number of aromatic nitrogens is 3.